The molecule has 0 radical (unpaired) electrons. The standard InChI is InChI=1S/C9H12N6S/c1-6-5-7(13-8(12-6)14-10)16-9-11-3-4-15(9)2/h3-5H,10H2,1-2H3,(H,12,13,14). The average molecular weight is 236 g/mol. The number of rotatable bonds is 3. The first-order chi connectivity index (χ1) is 7.69. The monoisotopic (exact) mass is 236 g/mol. The quantitative estimate of drug-likeness (QED) is 0.469. The number of aryl methyl sites for hydroxylation is 2. The summed E-state index contributed by atoms with van der Waals surface area (Å²) in [6.45, 7) is 1.89. The van der Waals surface area contributed by atoms with E-state index in [2.05, 4.69) is 20.4 Å². The molecule has 16 heavy (non-hydrogen) atoms. The number of aromatic nitrogens is 4. The minimum absolute atomic E-state index is 0.414. The van der Waals surface area contributed by atoms with E-state index >= 15 is 0 Å². The lowest BCUT2D eigenvalue weighted by molar-refractivity contribution is 0.788. The van der Waals surface area contributed by atoms with Gasteiger partial charge in [-0.05, 0) is 24.8 Å². The molecule has 0 aliphatic rings. The Kier molecular flexibility index (Phi) is 3.07. The van der Waals surface area contributed by atoms with Gasteiger partial charge in [-0.25, -0.2) is 20.8 Å². The second-order valence-electron chi connectivity index (χ2n) is 3.24. The third kappa shape index (κ3) is 2.31. The highest BCUT2D eigenvalue weighted by molar-refractivity contribution is 7.99. The van der Waals surface area contributed by atoms with Crippen molar-refractivity contribution in [2.45, 2.75) is 17.1 Å². The predicted octanol–water partition coefficient (Wildman–Crippen LogP) is 0.955. The first-order valence-electron chi connectivity index (χ1n) is 4.66. The van der Waals surface area contributed by atoms with Crippen molar-refractivity contribution in [3.63, 3.8) is 0 Å². The molecular formula is C9H12N6S. The van der Waals surface area contributed by atoms with Gasteiger partial charge in [0.05, 0.1) is 0 Å². The van der Waals surface area contributed by atoms with Gasteiger partial charge >= 0.3 is 0 Å². The number of hydrazine groups is 1. The van der Waals surface area contributed by atoms with E-state index in [4.69, 9.17) is 5.84 Å². The fourth-order valence-corrected chi connectivity index (χ4v) is 2.07. The van der Waals surface area contributed by atoms with Gasteiger partial charge in [0, 0.05) is 25.1 Å². The second kappa shape index (κ2) is 4.50. The first-order valence-corrected chi connectivity index (χ1v) is 5.48. The summed E-state index contributed by atoms with van der Waals surface area (Å²) in [6.07, 6.45) is 3.64. The molecule has 2 aromatic rings. The van der Waals surface area contributed by atoms with Gasteiger partial charge in [0.25, 0.3) is 0 Å². The highest BCUT2D eigenvalue weighted by Gasteiger charge is 2.06. The maximum Gasteiger partial charge on any atom is 0.238 e. The van der Waals surface area contributed by atoms with Crippen LogP contribution in [0.5, 0.6) is 0 Å². The number of imidazole rings is 1. The number of hydrogen-bond donors (Lipinski definition) is 2. The van der Waals surface area contributed by atoms with Crippen LogP contribution in [0.4, 0.5) is 5.95 Å². The highest BCUT2D eigenvalue weighted by Crippen LogP contribution is 2.24. The van der Waals surface area contributed by atoms with Crippen molar-refractivity contribution in [3.8, 4) is 0 Å². The van der Waals surface area contributed by atoms with Crippen molar-refractivity contribution >= 4 is 17.7 Å². The van der Waals surface area contributed by atoms with Crippen molar-refractivity contribution < 1.29 is 0 Å². The van der Waals surface area contributed by atoms with E-state index in [1.807, 2.05) is 30.8 Å². The van der Waals surface area contributed by atoms with Crippen molar-refractivity contribution in [3.05, 3.63) is 24.2 Å². The number of anilines is 1. The molecule has 0 amide bonds. The Morgan fingerprint density at radius 1 is 1.44 bits per heavy atom. The molecule has 0 aliphatic carbocycles. The summed E-state index contributed by atoms with van der Waals surface area (Å²) < 4.78 is 1.93. The largest absolute Gasteiger partial charge is 0.329 e. The average Bonchev–Trinajstić information content (AvgIpc) is 2.63. The summed E-state index contributed by atoms with van der Waals surface area (Å²) in [5.74, 6) is 5.70. The van der Waals surface area contributed by atoms with Crippen LogP contribution < -0.4 is 11.3 Å². The Morgan fingerprint density at radius 3 is 2.88 bits per heavy atom. The molecule has 0 atom stereocenters. The molecule has 0 fully saturated rings. The Morgan fingerprint density at radius 2 is 2.25 bits per heavy atom. The zero-order valence-electron chi connectivity index (χ0n) is 9.01. The van der Waals surface area contributed by atoms with Gasteiger partial charge in [0.15, 0.2) is 5.16 Å². The van der Waals surface area contributed by atoms with Crippen molar-refractivity contribution in [1.29, 1.82) is 0 Å². The van der Waals surface area contributed by atoms with Gasteiger partial charge in [-0.1, -0.05) is 0 Å². The summed E-state index contributed by atoms with van der Waals surface area (Å²) in [5.41, 5.74) is 3.30. The summed E-state index contributed by atoms with van der Waals surface area (Å²) in [6, 6.07) is 1.89. The van der Waals surface area contributed by atoms with E-state index in [-0.39, 0.29) is 0 Å². The van der Waals surface area contributed by atoms with E-state index in [0.29, 0.717) is 5.95 Å². The molecule has 0 bridgehead atoms. The van der Waals surface area contributed by atoms with E-state index in [0.717, 1.165) is 15.9 Å². The molecule has 2 heterocycles. The molecule has 0 spiro atoms. The van der Waals surface area contributed by atoms with Gasteiger partial charge in [-0.15, -0.1) is 0 Å². The molecule has 3 N–H and O–H groups in total. The maximum absolute atomic E-state index is 5.29. The molecule has 6 nitrogen and oxygen atoms in total. The van der Waals surface area contributed by atoms with E-state index in [9.17, 15) is 0 Å². The van der Waals surface area contributed by atoms with Gasteiger partial charge in [0.1, 0.15) is 5.03 Å². The molecule has 2 aromatic heterocycles. The second-order valence-corrected chi connectivity index (χ2v) is 4.23. The third-order valence-electron chi connectivity index (χ3n) is 1.93. The predicted molar refractivity (Wildman–Crippen MR) is 61.9 cm³/mol. The Hall–Kier alpha value is -1.60. The zero-order valence-corrected chi connectivity index (χ0v) is 9.82. The van der Waals surface area contributed by atoms with Crippen LogP contribution in [0.15, 0.2) is 28.6 Å². The fourth-order valence-electron chi connectivity index (χ4n) is 1.20. The van der Waals surface area contributed by atoms with Crippen molar-refractivity contribution in [1.82, 2.24) is 19.5 Å². The summed E-state index contributed by atoms with van der Waals surface area (Å²) in [4.78, 5) is 12.6. The van der Waals surface area contributed by atoms with E-state index < -0.39 is 0 Å². The fraction of sp³-hybridized carbons (Fsp3) is 0.222. The van der Waals surface area contributed by atoms with Gasteiger partial charge in [-0.2, -0.15) is 0 Å². The van der Waals surface area contributed by atoms with E-state index in [1.54, 1.807) is 6.20 Å². The molecule has 2 rings (SSSR count). The van der Waals surface area contributed by atoms with Crippen LogP contribution in [0.3, 0.4) is 0 Å². The van der Waals surface area contributed by atoms with Crippen molar-refractivity contribution in [2.75, 3.05) is 5.43 Å². The molecule has 7 heteroatoms. The van der Waals surface area contributed by atoms with Gasteiger partial charge in [-0.3, -0.25) is 5.43 Å². The van der Waals surface area contributed by atoms with Gasteiger partial charge < -0.3 is 4.57 Å². The van der Waals surface area contributed by atoms with Crippen LogP contribution >= 0.6 is 11.8 Å². The molecule has 84 valence electrons. The minimum atomic E-state index is 0.414. The number of nitrogens with zero attached hydrogens (tertiary/aromatic N) is 4. The molecule has 0 unspecified atom stereocenters. The highest BCUT2D eigenvalue weighted by atomic mass is 32.2. The molecule has 0 saturated carbocycles. The topological polar surface area (TPSA) is 81.7 Å². The lowest BCUT2D eigenvalue weighted by Crippen LogP contribution is -2.11. The lowest BCUT2D eigenvalue weighted by atomic mass is 10.5. The van der Waals surface area contributed by atoms with Crippen LogP contribution in [-0.2, 0) is 7.05 Å². The maximum atomic E-state index is 5.29. The zero-order chi connectivity index (χ0) is 11.5. The van der Waals surface area contributed by atoms with Crippen LogP contribution in [0.2, 0.25) is 0 Å². The minimum Gasteiger partial charge on any atom is -0.329 e. The molecule has 0 saturated heterocycles. The van der Waals surface area contributed by atoms with E-state index in [1.165, 1.54) is 11.8 Å². The number of nitrogens with one attached hydrogen (secondary N) is 1. The van der Waals surface area contributed by atoms with Crippen LogP contribution in [0.25, 0.3) is 0 Å². The number of nitrogen functional groups attached to an aromatic ring is 1. The normalized spacial score (nSPS) is 10.4. The van der Waals surface area contributed by atoms with Crippen LogP contribution in [0.1, 0.15) is 5.69 Å². The Labute approximate surface area is 97.3 Å². The summed E-state index contributed by atoms with van der Waals surface area (Å²) in [5, 5.41) is 1.69. The first kappa shape index (κ1) is 10.9. The summed E-state index contributed by atoms with van der Waals surface area (Å²) in [7, 11) is 1.94. The van der Waals surface area contributed by atoms with Crippen LogP contribution in [-0.4, -0.2) is 19.5 Å². The van der Waals surface area contributed by atoms with Crippen molar-refractivity contribution in [2.24, 2.45) is 12.9 Å². The van der Waals surface area contributed by atoms with Crippen LogP contribution in [0, 0.1) is 6.92 Å². The summed E-state index contributed by atoms with van der Waals surface area (Å²) >= 11 is 1.47. The third-order valence-corrected chi connectivity index (χ3v) is 2.93. The SMILES string of the molecule is Cc1cc(Sc2nccn2C)nc(NN)n1. The lowest BCUT2D eigenvalue weighted by Gasteiger charge is -2.04. The Bertz CT molecular complexity index is 494. The molecule has 0 aliphatic heterocycles. The number of hydrogen-bond acceptors (Lipinski definition) is 6. The van der Waals surface area contributed by atoms with Gasteiger partial charge in [0.2, 0.25) is 5.95 Å². The number of nitrogens with two attached hydrogens (primary N) is 1. The smallest absolute Gasteiger partial charge is 0.238 e. The molecule has 0 aromatic carbocycles. The molecular weight excluding hydrogens is 224 g/mol. The Balaban J connectivity index is 2.28.